The van der Waals surface area contributed by atoms with Crippen molar-refractivity contribution in [1.82, 2.24) is 19.0 Å². The first-order valence-corrected chi connectivity index (χ1v) is 12.8. The lowest BCUT2D eigenvalue weighted by atomic mass is 9.88. The van der Waals surface area contributed by atoms with Crippen molar-refractivity contribution in [2.45, 2.75) is 31.7 Å². The minimum atomic E-state index is -0.496. The van der Waals surface area contributed by atoms with Gasteiger partial charge < -0.3 is 14.6 Å². The zero-order valence-corrected chi connectivity index (χ0v) is 22.1. The summed E-state index contributed by atoms with van der Waals surface area (Å²) >= 11 is 0. The number of halogens is 1. The molecule has 1 aliphatic heterocycles. The molecule has 5 rings (SSSR count). The number of likely N-dealkylation sites (tertiary alicyclic amines) is 1. The highest BCUT2D eigenvalue weighted by Crippen LogP contribution is 2.34. The molecule has 1 atom stereocenters. The number of ether oxygens (including phenoxy) is 1. The molecule has 0 saturated carbocycles. The third kappa shape index (κ3) is 4.58. The van der Waals surface area contributed by atoms with Crippen LogP contribution < -0.4 is 10.9 Å². The first-order chi connectivity index (χ1) is 18.3. The van der Waals surface area contributed by atoms with Crippen LogP contribution in [0.25, 0.3) is 16.7 Å². The molecule has 0 radical (unpaired) electrons. The van der Waals surface area contributed by atoms with Gasteiger partial charge in [0.2, 0.25) is 0 Å². The van der Waals surface area contributed by atoms with Gasteiger partial charge >= 0.3 is 5.97 Å². The Morgan fingerprint density at radius 3 is 2.53 bits per heavy atom. The molecule has 4 heterocycles. The van der Waals surface area contributed by atoms with Gasteiger partial charge in [-0.3, -0.25) is 14.3 Å². The summed E-state index contributed by atoms with van der Waals surface area (Å²) in [7, 11) is 4.95. The molecule has 0 spiro atoms. The number of benzene rings is 1. The molecular weight excluding hydrogens is 485 g/mol. The van der Waals surface area contributed by atoms with Gasteiger partial charge in [-0.05, 0) is 68.6 Å². The van der Waals surface area contributed by atoms with E-state index in [1.807, 2.05) is 31.3 Å². The number of pyridine rings is 2. The second-order valence-corrected chi connectivity index (χ2v) is 9.79. The van der Waals surface area contributed by atoms with Crippen LogP contribution in [0, 0.1) is 5.82 Å². The maximum atomic E-state index is 14.5. The summed E-state index contributed by atoms with van der Waals surface area (Å²) in [5.74, 6) is -0.379. The van der Waals surface area contributed by atoms with E-state index in [1.54, 1.807) is 19.3 Å². The normalized spacial score (nSPS) is 15.5. The standard InChI is InChI=1S/C29H32FN5O3/c1-18(34-13-10-20(11-14-34)19-5-7-21(8-6-19)29(37)38-4)26-15-22-25(9-12-32-28(22)33(26)3)35-17-23(30)24(31-2)16-27(35)36/h5-9,12,15-18,20,31H,10-11,13-14H2,1-4H3/t18-/m0/s1. The van der Waals surface area contributed by atoms with Crippen LogP contribution in [0.1, 0.15) is 53.3 Å². The molecule has 0 amide bonds. The lowest BCUT2D eigenvalue weighted by molar-refractivity contribution is 0.0600. The van der Waals surface area contributed by atoms with E-state index in [0.29, 0.717) is 17.2 Å². The van der Waals surface area contributed by atoms with Crippen LogP contribution in [0.5, 0.6) is 0 Å². The monoisotopic (exact) mass is 517 g/mol. The van der Waals surface area contributed by atoms with E-state index in [0.717, 1.165) is 42.7 Å². The third-order valence-corrected chi connectivity index (χ3v) is 7.79. The minimum Gasteiger partial charge on any atom is -0.465 e. The average Bonchev–Trinajstić information content (AvgIpc) is 3.29. The highest BCUT2D eigenvalue weighted by atomic mass is 19.1. The largest absolute Gasteiger partial charge is 0.465 e. The molecule has 0 bridgehead atoms. The number of carbonyl (C=O) groups excluding carboxylic acids is 1. The van der Waals surface area contributed by atoms with Crippen molar-refractivity contribution in [2.24, 2.45) is 7.05 Å². The summed E-state index contributed by atoms with van der Waals surface area (Å²) < 4.78 is 22.7. The molecule has 4 aromatic rings. The summed E-state index contributed by atoms with van der Waals surface area (Å²) in [6.07, 6.45) is 4.91. The van der Waals surface area contributed by atoms with Crippen molar-refractivity contribution >= 4 is 22.7 Å². The van der Waals surface area contributed by atoms with E-state index < -0.39 is 5.82 Å². The Kier molecular flexibility index (Phi) is 7.03. The van der Waals surface area contributed by atoms with Crippen molar-refractivity contribution in [3.05, 3.63) is 87.9 Å². The second kappa shape index (κ2) is 10.4. The van der Waals surface area contributed by atoms with Crippen molar-refractivity contribution in [2.75, 3.05) is 32.6 Å². The molecule has 0 unspecified atom stereocenters. The number of aromatic nitrogens is 3. The Hall–Kier alpha value is -3.98. The van der Waals surface area contributed by atoms with Gasteiger partial charge in [-0.15, -0.1) is 0 Å². The van der Waals surface area contributed by atoms with Crippen LogP contribution in [0.15, 0.2) is 59.7 Å². The van der Waals surface area contributed by atoms with E-state index >= 15 is 0 Å². The van der Waals surface area contributed by atoms with Crippen molar-refractivity contribution in [1.29, 1.82) is 0 Å². The van der Waals surface area contributed by atoms with Crippen LogP contribution in [-0.2, 0) is 11.8 Å². The first kappa shape index (κ1) is 25.7. The molecule has 8 nitrogen and oxygen atoms in total. The number of anilines is 1. The van der Waals surface area contributed by atoms with Crippen LogP contribution in [0.2, 0.25) is 0 Å². The van der Waals surface area contributed by atoms with Crippen LogP contribution in [0.4, 0.5) is 10.1 Å². The number of carbonyl (C=O) groups is 1. The number of esters is 1. The van der Waals surface area contributed by atoms with Crippen LogP contribution >= 0.6 is 0 Å². The second-order valence-electron chi connectivity index (χ2n) is 9.79. The summed E-state index contributed by atoms with van der Waals surface area (Å²) in [5.41, 5.74) is 4.09. The third-order valence-electron chi connectivity index (χ3n) is 7.79. The highest BCUT2D eigenvalue weighted by molar-refractivity contribution is 5.89. The predicted octanol–water partition coefficient (Wildman–Crippen LogP) is 4.63. The summed E-state index contributed by atoms with van der Waals surface area (Å²) in [5, 5.41) is 3.51. The van der Waals surface area contributed by atoms with E-state index in [1.165, 1.54) is 29.5 Å². The Labute approximate surface area is 220 Å². The van der Waals surface area contributed by atoms with Crippen molar-refractivity contribution in [3.8, 4) is 5.69 Å². The average molecular weight is 518 g/mol. The van der Waals surface area contributed by atoms with Gasteiger partial charge in [-0.2, -0.15) is 0 Å². The van der Waals surface area contributed by atoms with Gasteiger partial charge in [-0.25, -0.2) is 14.2 Å². The summed E-state index contributed by atoms with van der Waals surface area (Å²) in [6.45, 7) is 4.05. The summed E-state index contributed by atoms with van der Waals surface area (Å²) in [4.78, 5) is 31.5. The van der Waals surface area contributed by atoms with Gasteiger partial charge in [0.15, 0.2) is 5.82 Å². The number of hydrogen-bond donors (Lipinski definition) is 1. The van der Waals surface area contributed by atoms with E-state index in [9.17, 15) is 14.0 Å². The number of methoxy groups -OCH3 is 1. The lowest BCUT2D eigenvalue weighted by Crippen LogP contribution is -2.35. The Morgan fingerprint density at radius 1 is 1.16 bits per heavy atom. The fourth-order valence-corrected chi connectivity index (χ4v) is 5.54. The number of nitrogens with zero attached hydrogens (tertiary/aromatic N) is 4. The molecule has 1 aliphatic rings. The maximum absolute atomic E-state index is 14.5. The van der Waals surface area contributed by atoms with Gasteiger partial charge in [0.25, 0.3) is 5.56 Å². The highest BCUT2D eigenvalue weighted by Gasteiger charge is 2.27. The zero-order chi connectivity index (χ0) is 27.0. The molecule has 3 aromatic heterocycles. The zero-order valence-electron chi connectivity index (χ0n) is 22.1. The number of nitrogens with one attached hydrogen (secondary N) is 1. The smallest absolute Gasteiger partial charge is 0.337 e. The molecule has 198 valence electrons. The molecule has 9 heteroatoms. The summed E-state index contributed by atoms with van der Waals surface area (Å²) in [6, 6.07) is 12.9. The number of rotatable bonds is 6. The van der Waals surface area contributed by atoms with Crippen LogP contribution in [0.3, 0.4) is 0 Å². The molecule has 0 aliphatic carbocycles. The Morgan fingerprint density at radius 2 is 1.87 bits per heavy atom. The fourth-order valence-electron chi connectivity index (χ4n) is 5.54. The van der Waals surface area contributed by atoms with Crippen LogP contribution in [-0.4, -0.2) is 52.2 Å². The Balaban J connectivity index is 1.37. The van der Waals surface area contributed by atoms with E-state index in [2.05, 4.69) is 32.8 Å². The first-order valence-electron chi connectivity index (χ1n) is 12.8. The lowest BCUT2D eigenvalue weighted by Gasteiger charge is -2.36. The fraction of sp³-hybridized carbons (Fsp3) is 0.345. The molecule has 1 saturated heterocycles. The van der Waals surface area contributed by atoms with Crippen molar-refractivity contribution < 1.29 is 13.9 Å². The Bertz CT molecular complexity index is 1530. The van der Waals surface area contributed by atoms with Gasteiger partial charge in [-0.1, -0.05) is 12.1 Å². The molecule has 1 N–H and O–H groups in total. The molecule has 1 fully saturated rings. The van der Waals surface area contributed by atoms with Gasteiger partial charge in [0.05, 0.1) is 30.2 Å². The minimum absolute atomic E-state index is 0.129. The number of aryl methyl sites for hydroxylation is 1. The number of hydrogen-bond acceptors (Lipinski definition) is 6. The number of piperidine rings is 1. The maximum Gasteiger partial charge on any atom is 0.337 e. The molecule has 38 heavy (non-hydrogen) atoms. The van der Waals surface area contributed by atoms with Crippen molar-refractivity contribution in [3.63, 3.8) is 0 Å². The van der Waals surface area contributed by atoms with E-state index in [-0.39, 0.29) is 23.3 Å². The molecular formula is C29H32FN5O3. The number of fused-ring (bicyclic) bond motifs is 1. The van der Waals surface area contributed by atoms with Gasteiger partial charge in [0.1, 0.15) is 5.65 Å². The topological polar surface area (TPSA) is 81.4 Å². The molecule has 1 aromatic carbocycles. The quantitative estimate of drug-likeness (QED) is 0.376. The van der Waals surface area contributed by atoms with Gasteiger partial charge in [0, 0.05) is 43.5 Å². The predicted molar refractivity (Wildman–Crippen MR) is 146 cm³/mol. The SMILES string of the molecule is CNc1cc(=O)n(-c2ccnc3c2cc([C@H](C)N2CCC(c4ccc(C(=O)OC)cc4)CC2)n3C)cc1F. The van der Waals surface area contributed by atoms with E-state index in [4.69, 9.17) is 4.74 Å².